The van der Waals surface area contributed by atoms with Crippen LogP contribution in [0.5, 0.6) is 0 Å². The number of nitrogens with zero attached hydrogens (tertiary/aromatic N) is 1. The maximum absolute atomic E-state index is 4.40. The van der Waals surface area contributed by atoms with Crippen LogP contribution < -0.4 is 0 Å². The molecule has 1 saturated carbocycles. The fraction of sp³-hybridized carbons (Fsp3) is 0.429. The van der Waals surface area contributed by atoms with Gasteiger partial charge in [-0.15, -0.1) is 0 Å². The molecule has 0 heterocycles. The number of aryl methyl sites for hydroxylation is 2. The zero-order valence-electron chi connectivity index (χ0n) is 14.1. The summed E-state index contributed by atoms with van der Waals surface area (Å²) in [5.41, 5.74) is 6.56. The molecule has 1 fully saturated rings. The van der Waals surface area contributed by atoms with E-state index in [1.54, 1.807) is 0 Å². The van der Waals surface area contributed by atoms with Crippen LogP contribution >= 0.6 is 0 Å². The lowest BCUT2D eigenvalue weighted by molar-refractivity contribution is 0.358. The molecular formula is C21H27N. The van der Waals surface area contributed by atoms with Gasteiger partial charge in [-0.25, -0.2) is 0 Å². The number of rotatable bonds is 5. The van der Waals surface area contributed by atoms with Crippen molar-refractivity contribution < 1.29 is 0 Å². The van der Waals surface area contributed by atoms with Crippen LogP contribution in [0.2, 0.25) is 0 Å². The Balaban J connectivity index is 1.84. The second-order valence-corrected chi connectivity index (χ2v) is 6.82. The lowest BCUT2D eigenvalue weighted by Gasteiger charge is -2.34. The molecule has 2 aliphatic carbocycles. The summed E-state index contributed by atoms with van der Waals surface area (Å²) in [4.78, 5) is 2.41. The molecule has 0 spiro atoms. The highest BCUT2D eigenvalue weighted by atomic mass is 15.1. The van der Waals surface area contributed by atoms with E-state index < -0.39 is 0 Å². The SMILES string of the molecule is C=C(c1ccc(C)c(C)c1)N(C)C(C1=CCCC=C1)C1CC1. The normalized spacial score (nSPS) is 18.8. The van der Waals surface area contributed by atoms with E-state index in [0.717, 1.165) is 11.6 Å². The monoisotopic (exact) mass is 293 g/mol. The Hall–Kier alpha value is -1.76. The van der Waals surface area contributed by atoms with Crippen molar-refractivity contribution in [2.45, 2.75) is 45.6 Å². The van der Waals surface area contributed by atoms with Gasteiger partial charge in [-0.05, 0) is 73.8 Å². The second-order valence-electron chi connectivity index (χ2n) is 6.82. The van der Waals surface area contributed by atoms with Crippen LogP contribution in [0.25, 0.3) is 5.70 Å². The van der Waals surface area contributed by atoms with Gasteiger partial charge in [-0.1, -0.05) is 36.9 Å². The Morgan fingerprint density at radius 2 is 1.95 bits per heavy atom. The van der Waals surface area contributed by atoms with E-state index in [4.69, 9.17) is 0 Å². The van der Waals surface area contributed by atoms with Crippen molar-refractivity contribution >= 4 is 5.70 Å². The standard InChI is InChI=1S/C21H27N/c1-15-10-11-20(14-16(15)2)17(3)22(4)21(19-12-13-19)18-8-6-5-7-9-18/h6,8-11,14,19,21H,3,5,7,12-13H2,1-2,4H3. The summed E-state index contributed by atoms with van der Waals surface area (Å²) in [6, 6.07) is 7.17. The summed E-state index contributed by atoms with van der Waals surface area (Å²) < 4.78 is 0. The van der Waals surface area contributed by atoms with Gasteiger partial charge in [0.05, 0.1) is 6.04 Å². The topological polar surface area (TPSA) is 3.24 Å². The van der Waals surface area contributed by atoms with Gasteiger partial charge in [0.15, 0.2) is 0 Å². The van der Waals surface area contributed by atoms with Gasteiger partial charge in [0.1, 0.15) is 0 Å². The zero-order chi connectivity index (χ0) is 15.7. The molecule has 2 aliphatic rings. The van der Waals surface area contributed by atoms with Crippen LogP contribution in [0, 0.1) is 19.8 Å². The third kappa shape index (κ3) is 3.04. The molecule has 1 atom stereocenters. The highest BCUT2D eigenvalue weighted by Gasteiger charge is 2.36. The van der Waals surface area contributed by atoms with Crippen molar-refractivity contribution in [3.8, 4) is 0 Å². The fourth-order valence-electron chi connectivity index (χ4n) is 3.37. The summed E-state index contributed by atoms with van der Waals surface area (Å²) in [5, 5.41) is 0. The minimum Gasteiger partial charge on any atom is -0.367 e. The lowest BCUT2D eigenvalue weighted by Crippen LogP contribution is -2.33. The highest BCUT2D eigenvalue weighted by molar-refractivity contribution is 5.64. The molecule has 0 radical (unpaired) electrons. The average molecular weight is 293 g/mol. The number of benzene rings is 1. The van der Waals surface area contributed by atoms with Gasteiger partial charge in [-0.2, -0.15) is 0 Å². The van der Waals surface area contributed by atoms with E-state index in [1.165, 1.54) is 47.9 Å². The molecule has 1 unspecified atom stereocenters. The summed E-state index contributed by atoms with van der Waals surface area (Å²) in [6.45, 7) is 8.74. The number of allylic oxidation sites excluding steroid dienone is 2. The summed E-state index contributed by atoms with van der Waals surface area (Å²) in [7, 11) is 2.21. The van der Waals surface area contributed by atoms with Crippen LogP contribution in [0.4, 0.5) is 0 Å². The summed E-state index contributed by atoms with van der Waals surface area (Å²) >= 11 is 0. The Labute approximate surface area is 135 Å². The van der Waals surface area contributed by atoms with Crippen molar-refractivity contribution in [1.82, 2.24) is 4.90 Å². The number of hydrogen-bond donors (Lipinski definition) is 0. The maximum atomic E-state index is 4.40. The first kappa shape index (κ1) is 15.1. The van der Waals surface area contributed by atoms with E-state index in [-0.39, 0.29) is 0 Å². The van der Waals surface area contributed by atoms with Crippen molar-refractivity contribution in [2.75, 3.05) is 7.05 Å². The molecule has 0 saturated heterocycles. The molecule has 0 aromatic heterocycles. The van der Waals surface area contributed by atoms with E-state index in [0.29, 0.717) is 6.04 Å². The molecule has 0 bridgehead atoms. The Morgan fingerprint density at radius 3 is 2.55 bits per heavy atom. The first-order valence-corrected chi connectivity index (χ1v) is 8.44. The predicted octanol–water partition coefficient (Wildman–Crippen LogP) is 5.26. The van der Waals surface area contributed by atoms with Crippen LogP contribution in [-0.4, -0.2) is 18.0 Å². The molecule has 0 N–H and O–H groups in total. The number of hydrogen-bond acceptors (Lipinski definition) is 1. The molecule has 0 aliphatic heterocycles. The highest BCUT2D eigenvalue weighted by Crippen LogP contribution is 2.41. The van der Waals surface area contributed by atoms with Crippen molar-refractivity contribution in [3.63, 3.8) is 0 Å². The lowest BCUT2D eigenvalue weighted by atomic mass is 9.94. The van der Waals surface area contributed by atoms with Crippen LogP contribution in [0.3, 0.4) is 0 Å². The Bertz CT molecular complexity index is 631. The van der Waals surface area contributed by atoms with E-state index in [9.17, 15) is 0 Å². The summed E-state index contributed by atoms with van der Waals surface area (Å²) in [5.74, 6) is 0.794. The van der Waals surface area contributed by atoms with Gasteiger partial charge in [0.2, 0.25) is 0 Å². The molecule has 1 aromatic carbocycles. The third-order valence-electron chi connectivity index (χ3n) is 5.12. The van der Waals surface area contributed by atoms with Crippen molar-refractivity contribution in [1.29, 1.82) is 0 Å². The molecule has 1 heteroatoms. The van der Waals surface area contributed by atoms with Crippen molar-refractivity contribution in [3.05, 3.63) is 65.3 Å². The minimum absolute atomic E-state index is 0.491. The Kier molecular flexibility index (Phi) is 4.24. The smallest absolute Gasteiger partial charge is 0.0564 e. The summed E-state index contributed by atoms with van der Waals surface area (Å²) in [6.07, 6.45) is 12.1. The number of likely N-dealkylation sites (N-methyl/N-ethyl adjacent to an activating group) is 1. The van der Waals surface area contributed by atoms with Crippen LogP contribution in [0.15, 0.2) is 48.6 Å². The van der Waals surface area contributed by atoms with Crippen molar-refractivity contribution in [2.24, 2.45) is 5.92 Å². The van der Waals surface area contributed by atoms with Gasteiger partial charge < -0.3 is 4.90 Å². The van der Waals surface area contributed by atoms with Gasteiger partial charge in [0, 0.05) is 12.7 Å². The first-order chi connectivity index (χ1) is 10.6. The van der Waals surface area contributed by atoms with Crippen LogP contribution in [-0.2, 0) is 0 Å². The largest absolute Gasteiger partial charge is 0.367 e. The van der Waals surface area contributed by atoms with Gasteiger partial charge in [-0.3, -0.25) is 0 Å². The van der Waals surface area contributed by atoms with Gasteiger partial charge >= 0.3 is 0 Å². The van der Waals surface area contributed by atoms with E-state index >= 15 is 0 Å². The molecule has 3 rings (SSSR count). The third-order valence-corrected chi connectivity index (χ3v) is 5.12. The van der Waals surface area contributed by atoms with E-state index in [1.807, 2.05) is 0 Å². The molecule has 116 valence electrons. The second kappa shape index (κ2) is 6.16. The zero-order valence-corrected chi connectivity index (χ0v) is 14.1. The van der Waals surface area contributed by atoms with Gasteiger partial charge in [0.25, 0.3) is 0 Å². The minimum atomic E-state index is 0.491. The Morgan fingerprint density at radius 1 is 1.18 bits per heavy atom. The molecule has 22 heavy (non-hydrogen) atoms. The maximum Gasteiger partial charge on any atom is 0.0564 e. The van der Waals surface area contributed by atoms with Crippen LogP contribution in [0.1, 0.15) is 42.4 Å². The van der Waals surface area contributed by atoms with E-state index in [2.05, 4.69) is 68.8 Å². The molecule has 0 amide bonds. The molecule has 1 aromatic rings. The molecule has 1 nitrogen and oxygen atoms in total. The quantitative estimate of drug-likeness (QED) is 0.715. The average Bonchev–Trinajstić information content (AvgIpc) is 3.35. The first-order valence-electron chi connectivity index (χ1n) is 8.44. The predicted molar refractivity (Wildman–Crippen MR) is 95.7 cm³/mol. The molecular weight excluding hydrogens is 266 g/mol. The fourth-order valence-corrected chi connectivity index (χ4v) is 3.37.